The van der Waals surface area contributed by atoms with Crippen molar-refractivity contribution in [3.8, 4) is 0 Å². The second-order valence-corrected chi connectivity index (χ2v) is 4.91. The topological polar surface area (TPSA) is 95.7 Å². The van der Waals surface area contributed by atoms with E-state index in [-0.39, 0.29) is 11.9 Å². The third kappa shape index (κ3) is 4.20. The molecule has 1 fully saturated rings. The van der Waals surface area contributed by atoms with Crippen molar-refractivity contribution in [3.05, 3.63) is 0 Å². The maximum atomic E-state index is 11.9. The summed E-state index contributed by atoms with van der Waals surface area (Å²) in [7, 11) is 0. The first-order valence-electron chi connectivity index (χ1n) is 6.56. The van der Waals surface area contributed by atoms with E-state index >= 15 is 0 Å². The fourth-order valence-corrected chi connectivity index (χ4v) is 2.06. The third-order valence-electron chi connectivity index (χ3n) is 3.21. The van der Waals surface area contributed by atoms with Crippen molar-refractivity contribution in [2.24, 2.45) is 5.84 Å². The molecule has 19 heavy (non-hydrogen) atoms. The van der Waals surface area contributed by atoms with Crippen LogP contribution in [0.15, 0.2) is 0 Å². The maximum absolute atomic E-state index is 11.9. The molecule has 1 aliphatic rings. The molecule has 0 spiro atoms. The van der Waals surface area contributed by atoms with Crippen molar-refractivity contribution in [1.82, 2.24) is 15.2 Å². The maximum Gasteiger partial charge on any atom is 0.312 e. The minimum atomic E-state index is -0.441. The first-order valence-corrected chi connectivity index (χ1v) is 6.56. The van der Waals surface area contributed by atoms with Gasteiger partial charge in [-0.1, -0.05) is 0 Å². The molecule has 0 aromatic heterocycles. The summed E-state index contributed by atoms with van der Waals surface area (Å²) in [6.45, 7) is 5.43. The summed E-state index contributed by atoms with van der Waals surface area (Å²) in [5.74, 6) is 3.88. The highest BCUT2D eigenvalue weighted by Crippen LogP contribution is 2.10. The lowest BCUT2D eigenvalue weighted by atomic mass is 10.2. The van der Waals surface area contributed by atoms with Gasteiger partial charge in [-0.25, -0.2) is 5.84 Å². The number of nitrogens with zero attached hydrogens (tertiary/aromatic N) is 2. The summed E-state index contributed by atoms with van der Waals surface area (Å²) >= 11 is 0. The molecule has 1 aliphatic heterocycles. The van der Waals surface area contributed by atoms with Crippen molar-refractivity contribution in [3.63, 3.8) is 0 Å². The minimum absolute atomic E-state index is 0.0480. The molecule has 0 unspecified atom stereocenters. The van der Waals surface area contributed by atoms with Gasteiger partial charge in [0.05, 0.1) is 0 Å². The summed E-state index contributed by atoms with van der Waals surface area (Å²) in [6, 6.07) is 0.0480. The van der Waals surface area contributed by atoms with E-state index in [4.69, 9.17) is 5.84 Å². The number of piperazine rings is 1. The van der Waals surface area contributed by atoms with E-state index in [9.17, 15) is 14.4 Å². The van der Waals surface area contributed by atoms with Crippen LogP contribution in [0.5, 0.6) is 0 Å². The lowest BCUT2D eigenvalue weighted by Gasteiger charge is -2.36. The number of hydrogen-bond acceptors (Lipinski definition) is 4. The molecule has 0 aliphatic carbocycles. The Labute approximate surface area is 113 Å². The molecular weight excluding hydrogens is 248 g/mol. The van der Waals surface area contributed by atoms with Gasteiger partial charge < -0.3 is 9.80 Å². The predicted molar refractivity (Wildman–Crippen MR) is 69.6 cm³/mol. The van der Waals surface area contributed by atoms with Crippen molar-refractivity contribution in [2.45, 2.75) is 39.2 Å². The van der Waals surface area contributed by atoms with E-state index in [0.717, 1.165) is 0 Å². The zero-order chi connectivity index (χ0) is 14.4. The molecular formula is C12H22N4O3. The van der Waals surface area contributed by atoms with Crippen LogP contribution in [0, 0.1) is 0 Å². The number of rotatable bonds is 6. The molecule has 0 aromatic rings. The Bertz CT molecular complexity index is 357. The van der Waals surface area contributed by atoms with Crippen LogP contribution < -0.4 is 11.3 Å². The number of hydrazine groups is 1. The molecule has 108 valence electrons. The number of hydrogen-bond donors (Lipinski definition) is 2. The van der Waals surface area contributed by atoms with Gasteiger partial charge in [0.1, 0.15) is 0 Å². The molecule has 7 heteroatoms. The Morgan fingerprint density at radius 2 is 1.95 bits per heavy atom. The average molecular weight is 270 g/mol. The van der Waals surface area contributed by atoms with Crippen molar-refractivity contribution >= 4 is 17.7 Å². The first kappa shape index (κ1) is 15.4. The average Bonchev–Trinajstić information content (AvgIpc) is 2.38. The summed E-state index contributed by atoms with van der Waals surface area (Å²) in [5, 5.41) is 0. The van der Waals surface area contributed by atoms with Crippen molar-refractivity contribution < 1.29 is 14.4 Å². The summed E-state index contributed by atoms with van der Waals surface area (Å²) < 4.78 is 0. The highest BCUT2D eigenvalue weighted by atomic mass is 16.2. The SMILES string of the molecule is CC(C)N1CCN(CCCCC(=O)NN)C(=O)C1=O. The molecule has 1 heterocycles. The number of carbonyl (C=O) groups excluding carboxylic acids is 3. The van der Waals surface area contributed by atoms with Gasteiger partial charge in [0, 0.05) is 32.1 Å². The Kier molecular flexibility index (Phi) is 5.75. The lowest BCUT2D eigenvalue weighted by Crippen LogP contribution is -2.56. The van der Waals surface area contributed by atoms with Gasteiger partial charge in [0.2, 0.25) is 5.91 Å². The minimum Gasteiger partial charge on any atom is -0.333 e. The quantitative estimate of drug-likeness (QED) is 0.218. The second kappa shape index (κ2) is 7.08. The van der Waals surface area contributed by atoms with Gasteiger partial charge in [0.25, 0.3) is 0 Å². The van der Waals surface area contributed by atoms with Crippen LogP contribution in [0.2, 0.25) is 0 Å². The highest BCUT2D eigenvalue weighted by molar-refractivity contribution is 6.35. The Morgan fingerprint density at radius 3 is 2.53 bits per heavy atom. The highest BCUT2D eigenvalue weighted by Gasteiger charge is 2.33. The van der Waals surface area contributed by atoms with Crippen molar-refractivity contribution in [1.29, 1.82) is 0 Å². The molecule has 0 saturated carbocycles. The fraction of sp³-hybridized carbons (Fsp3) is 0.750. The van der Waals surface area contributed by atoms with Crippen LogP contribution in [0.3, 0.4) is 0 Å². The predicted octanol–water partition coefficient (Wildman–Crippen LogP) is -0.774. The van der Waals surface area contributed by atoms with Gasteiger partial charge in [-0.3, -0.25) is 19.8 Å². The Balaban J connectivity index is 2.35. The molecule has 1 rings (SSSR count). The third-order valence-corrected chi connectivity index (χ3v) is 3.21. The van der Waals surface area contributed by atoms with E-state index < -0.39 is 11.8 Å². The molecule has 0 radical (unpaired) electrons. The number of amides is 3. The first-order chi connectivity index (χ1) is 8.97. The van der Waals surface area contributed by atoms with Gasteiger partial charge in [-0.15, -0.1) is 0 Å². The van der Waals surface area contributed by atoms with Gasteiger partial charge in [-0.2, -0.15) is 0 Å². The number of carbonyl (C=O) groups is 3. The zero-order valence-corrected chi connectivity index (χ0v) is 11.5. The summed E-state index contributed by atoms with van der Waals surface area (Å²) in [4.78, 5) is 37.7. The Morgan fingerprint density at radius 1 is 1.26 bits per heavy atom. The van der Waals surface area contributed by atoms with E-state index in [0.29, 0.717) is 38.9 Å². The smallest absolute Gasteiger partial charge is 0.312 e. The van der Waals surface area contributed by atoms with Crippen LogP contribution in [0.4, 0.5) is 0 Å². The molecule has 0 bridgehead atoms. The normalized spacial score (nSPS) is 16.2. The number of nitrogens with two attached hydrogens (primary N) is 1. The molecule has 3 amide bonds. The fourth-order valence-electron chi connectivity index (χ4n) is 2.06. The van der Waals surface area contributed by atoms with Crippen molar-refractivity contribution in [2.75, 3.05) is 19.6 Å². The van der Waals surface area contributed by atoms with E-state index in [1.165, 1.54) is 0 Å². The van der Waals surface area contributed by atoms with E-state index in [2.05, 4.69) is 5.43 Å². The molecule has 0 aromatic carbocycles. The number of nitrogens with one attached hydrogen (secondary N) is 1. The Hall–Kier alpha value is -1.63. The van der Waals surface area contributed by atoms with Crippen LogP contribution in [0.1, 0.15) is 33.1 Å². The molecule has 1 saturated heterocycles. The molecule has 0 atom stereocenters. The van der Waals surface area contributed by atoms with Crippen LogP contribution in [0.25, 0.3) is 0 Å². The number of unbranched alkanes of at least 4 members (excludes halogenated alkanes) is 1. The van der Waals surface area contributed by atoms with E-state index in [1.807, 2.05) is 13.8 Å². The van der Waals surface area contributed by atoms with Crippen LogP contribution in [-0.2, 0) is 14.4 Å². The zero-order valence-electron chi connectivity index (χ0n) is 11.5. The largest absolute Gasteiger partial charge is 0.333 e. The molecule has 3 N–H and O–H groups in total. The standard InChI is InChI=1S/C12H22N4O3/c1-9(2)16-8-7-15(11(18)12(16)19)6-4-3-5-10(17)14-13/h9H,3-8,13H2,1-2H3,(H,14,17). The monoisotopic (exact) mass is 270 g/mol. The lowest BCUT2D eigenvalue weighted by molar-refractivity contribution is -0.157. The molecule has 7 nitrogen and oxygen atoms in total. The summed E-state index contributed by atoms with van der Waals surface area (Å²) in [6.07, 6.45) is 1.67. The summed E-state index contributed by atoms with van der Waals surface area (Å²) in [5.41, 5.74) is 2.06. The van der Waals surface area contributed by atoms with Crippen LogP contribution in [-0.4, -0.2) is 53.2 Å². The second-order valence-electron chi connectivity index (χ2n) is 4.91. The van der Waals surface area contributed by atoms with Crippen LogP contribution >= 0.6 is 0 Å². The van der Waals surface area contributed by atoms with Gasteiger partial charge in [-0.05, 0) is 26.7 Å². The van der Waals surface area contributed by atoms with Gasteiger partial charge in [0.15, 0.2) is 0 Å². The van der Waals surface area contributed by atoms with E-state index in [1.54, 1.807) is 9.80 Å². The van der Waals surface area contributed by atoms with Gasteiger partial charge >= 0.3 is 11.8 Å².